The Balaban J connectivity index is 2.67. The van der Waals surface area contributed by atoms with Crippen LogP contribution in [0.1, 0.15) is 0 Å². The number of aromatic nitrogens is 2. The van der Waals surface area contributed by atoms with E-state index in [1.807, 2.05) is 0 Å². The first kappa shape index (κ1) is 13.4. The third-order valence-corrected chi connectivity index (χ3v) is 3.24. The summed E-state index contributed by atoms with van der Waals surface area (Å²) in [5.74, 6) is 1.24. The molecule has 0 saturated carbocycles. The Morgan fingerprint density at radius 1 is 1.21 bits per heavy atom. The van der Waals surface area contributed by atoms with Gasteiger partial charge in [0.05, 0.1) is 19.9 Å². The van der Waals surface area contributed by atoms with Crippen LogP contribution in [0, 0.1) is 0 Å². The molecule has 0 saturated heterocycles. The molecule has 0 radical (unpaired) electrons. The number of nitrogens with one attached hydrogen (secondary N) is 1. The summed E-state index contributed by atoms with van der Waals surface area (Å²) in [6.07, 6.45) is 0. The molecule has 1 aromatic carbocycles. The van der Waals surface area contributed by atoms with Gasteiger partial charge in [-0.25, -0.2) is 4.98 Å². The molecule has 1 heterocycles. The average Bonchev–Trinajstić information content (AvgIpc) is 2.42. The molecule has 2 aromatic rings. The third-order valence-electron chi connectivity index (χ3n) is 2.51. The van der Waals surface area contributed by atoms with E-state index in [0.717, 1.165) is 0 Å². The lowest BCUT2D eigenvalue weighted by Gasteiger charge is -2.09. The van der Waals surface area contributed by atoms with Gasteiger partial charge in [0.15, 0.2) is 0 Å². The van der Waals surface area contributed by atoms with Crippen LogP contribution >= 0.6 is 15.9 Å². The minimum absolute atomic E-state index is 0.0463. The van der Waals surface area contributed by atoms with Crippen molar-refractivity contribution in [2.75, 3.05) is 20.0 Å². The van der Waals surface area contributed by atoms with Crippen LogP contribution in [0.3, 0.4) is 0 Å². The van der Waals surface area contributed by atoms with Gasteiger partial charge in [0, 0.05) is 11.6 Å². The minimum atomic E-state index is -0.343. The average molecular weight is 326 g/mol. The number of hydrogen-bond donors (Lipinski definition) is 2. The monoisotopic (exact) mass is 325 g/mol. The molecule has 0 atom stereocenters. The number of nitrogens with zero attached hydrogens (tertiary/aromatic N) is 1. The maximum absolute atomic E-state index is 11.7. The fraction of sp³-hybridized carbons (Fsp3) is 0.167. The van der Waals surface area contributed by atoms with Crippen molar-refractivity contribution in [3.63, 3.8) is 0 Å². The zero-order valence-electron chi connectivity index (χ0n) is 10.4. The second-order valence-corrected chi connectivity index (χ2v) is 4.51. The molecule has 3 N–H and O–H groups in total. The molecule has 0 aliphatic carbocycles. The predicted octanol–water partition coefficient (Wildman–Crippen LogP) is 1.80. The second kappa shape index (κ2) is 5.31. The van der Waals surface area contributed by atoms with Crippen LogP contribution in [-0.4, -0.2) is 24.2 Å². The summed E-state index contributed by atoms with van der Waals surface area (Å²) in [5.41, 5.74) is 6.31. The summed E-state index contributed by atoms with van der Waals surface area (Å²) in [5, 5.41) is 0. The van der Waals surface area contributed by atoms with Crippen molar-refractivity contribution < 1.29 is 9.47 Å². The number of H-pyrrole nitrogens is 1. The third kappa shape index (κ3) is 2.70. The lowest BCUT2D eigenvalue weighted by molar-refractivity contribution is 0.394. The zero-order valence-corrected chi connectivity index (χ0v) is 11.9. The summed E-state index contributed by atoms with van der Waals surface area (Å²) < 4.78 is 10.7. The standard InChI is InChI=1S/C12H12BrN3O3/c1-18-7-3-6(4-8(5-7)19-2)10-9(13)11(17)16-12(14)15-10/h3-5H,1-2H3,(H3,14,15,16,17). The van der Waals surface area contributed by atoms with Crippen molar-refractivity contribution in [2.24, 2.45) is 0 Å². The Labute approximate surface area is 117 Å². The van der Waals surface area contributed by atoms with Gasteiger partial charge in [0.1, 0.15) is 16.0 Å². The largest absolute Gasteiger partial charge is 0.497 e. The van der Waals surface area contributed by atoms with Crippen molar-refractivity contribution in [3.8, 4) is 22.8 Å². The van der Waals surface area contributed by atoms with Crippen molar-refractivity contribution in [2.45, 2.75) is 0 Å². The first-order valence-corrected chi connectivity index (χ1v) is 6.13. The van der Waals surface area contributed by atoms with Gasteiger partial charge in [-0.15, -0.1) is 0 Å². The summed E-state index contributed by atoms with van der Waals surface area (Å²) in [6, 6.07) is 5.22. The number of halogens is 1. The summed E-state index contributed by atoms with van der Waals surface area (Å²) in [6.45, 7) is 0. The van der Waals surface area contributed by atoms with E-state index in [1.165, 1.54) is 0 Å². The van der Waals surface area contributed by atoms with Gasteiger partial charge in [-0.05, 0) is 28.1 Å². The number of nitrogens with two attached hydrogens (primary N) is 1. The quantitative estimate of drug-likeness (QED) is 0.898. The summed E-state index contributed by atoms with van der Waals surface area (Å²) in [4.78, 5) is 18.2. The highest BCUT2D eigenvalue weighted by Gasteiger charge is 2.12. The van der Waals surface area contributed by atoms with E-state index in [2.05, 4.69) is 25.9 Å². The normalized spacial score (nSPS) is 10.3. The number of nitrogen functional groups attached to an aromatic ring is 1. The van der Waals surface area contributed by atoms with Gasteiger partial charge < -0.3 is 15.2 Å². The molecule has 0 unspecified atom stereocenters. The highest BCUT2D eigenvalue weighted by Crippen LogP contribution is 2.31. The number of ether oxygens (including phenoxy) is 2. The van der Waals surface area contributed by atoms with Gasteiger partial charge in [0.25, 0.3) is 5.56 Å². The summed E-state index contributed by atoms with van der Waals surface area (Å²) >= 11 is 3.20. The van der Waals surface area contributed by atoms with E-state index in [0.29, 0.717) is 27.2 Å². The van der Waals surface area contributed by atoms with Gasteiger partial charge >= 0.3 is 0 Å². The molecule has 7 heteroatoms. The molecule has 2 rings (SSSR count). The fourth-order valence-electron chi connectivity index (χ4n) is 1.61. The molecule has 0 fully saturated rings. The van der Waals surface area contributed by atoms with Crippen molar-refractivity contribution in [3.05, 3.63) is 33.0 Å². The smallest absolute Gasteiger partial charge is 0.267 e. The Hall–Kier alpha value is -2.02. The highest BCUT2D eigenvalue weighted by atomic mass is 79.9. The van der Waals surface area contributed by atoms with E-state index in [9.17, 15) is 4.79 Å². The molecule has 0 bridgehead atoms. The van der Waals surface area contributed by atoms with E-state index >= 15 is 0 Å². The van der Waals surface area contributed by atoms with Crippen molar-refractivity contribution >= 4 is 21.9 Å². The molecule has 0 aliphatic heterocycles. The van der Waals surface area contributed by atoms with Gasteiger partial charge in [-0.3, -0.25) is 9.78 Å². The van der Waals surface area contributed by atoms with Crippen LogP contribution in [0.5, 0.6) is 11.5 Å². The van der Waals surface area contributed by atoms with Gasteiger partial charge in [-0.1, -0.05) is 0 Å². The maximum Gasteiger partial charge on any atom is 0.267 e. The van der Waals surface area contributed by atoms with E-state index in [4.69, 9.17) is 15.2 Å². The van der Waals surface area contributed by atoms with Crippen LogP contribution in [0.2, 0.25) is 0 Å². The first-order chi connectivity index (χ1) is 9.05. The van der Waals surface area contributed by atoms with Crippen LogP contribution in [-0.2, 0) is 0 Å². The lowest BCUT2D eigenvalue weighted by Crippen LogP contribution is -2.13. The Kier molecular flexibility index (Phi) is 3.75. The second-order valence-electron chi connectivity index (χ2n) is 3.72. The Bertz CT molecular complexity index is 648. The molecular weight excluding hydrogens is 314 g/mol. The van der Waals surface area contributed by atoms with E-state index < -0.39 is 0 Å². The van der Waals surface area contributed by atoms with Crippen LogP contribution in [0.15, 0.2) is 27.5 Å². The molecule has 0 amide bonds. The number of methoxy groups -OCH3 is 2. The molecular formula is C12H12BrN3O3. The summed E-state index contributed by atoms with van der Waals surface area (Å²) in [7, 11) is 3.10. The predicted molar refractivity (Wildman–Crippen MR) is 75.5 cm³/mol. The molecule has 19 heavy (non-hydrogen) atoms. The first-order valence-electron chi connectivity index (χ1n) is 5.34. The fourth-order valence-corrected chi connectivity index (χ4v) is 2.03. The van der Waals surface area contributed by atoms with Crippen molar-refractivity contribution in [1.29, 1.82) is 0 Å². The SMILES string of the molecule is COc1cc(OC)cc(-c2nc(N)[nH]c(=O)c2Br)c1. The number of rotatable bonds is 3. The number of aromatic amines is 1. The number of benzene rings is 1. The van der Waals surface area contributed by atoms with Crippen LogP contribution in [0.4, 0.5) is 5.95 Å². The topological polar surface area (TPSA) is 90.2 Å². The number of anilines is 1. The van der Waals surface area contributed by atoms with Gasteiger partial charge in [0.2, 0.25) is 5.95 Å². The van der Waals surface area contributed by atoms with E-state index in [1.54, 1.807) is 32.4 Å². The molecule has 100 valence electrons. The Morgan fingerprint density at radius 3 is 2.32 bits per heavy atom. The van der Waals surface area contributed by atoms with Gasteiger partial charge in [-0.2, -0.15) is 0 Å². The van der Waals surface area contributed by atoms with Crippen LogP contribution in [0.25, 0.3) is 11.3 Å². The Morgan fingerprint density at radius 2 is 1.79 bits per heavy atom. The van der Waals surface area contributed by atoms with Crippen LogP contribution < -0.4 is 20.8 Å². The molecule has 0 spiro atoms. The van der Waals surface area contributed by atoms with E-state index in [-0.39, 0.29) is 11.5 Å². The zero-order chi connectivity index (χ0) is 14.0. The molecule has 0 aliphatic rings. The molecule has 6 nitrogen and oxygen atoms in total. The maximum atomic E-state index is 11.7. The van der Waals surface area contributed by atoms with Crippen molar-refractivity contribution in [1.82, 2.24) is 9.97 Å². The molecule has 1 aromatic heterocycles. The number of hydrogen-bond acceptors (Lipinski definition) is 5. The minimum Gasteiger partial charge on any atom is -0.497 e. The highest BCUT2D eigenvalue weighted by molar-refractivity contribution is 9.10. The lowest BCUT2D eigenvalue weighted by atomic mass is 10.1.